The third-order valence-corrected chi connectivity index (χ3v) is 5.25. The predicted molar refractivity (Wildman–Crippen MR) is 65.8 cm³/mol. The van der Waals surface area contributed by atoms with Crippen molar-refractivity contribution in [3.63, 3.8) is 0 Å². The molecule has 1 atom stereocenters. The molecule has 5 nitrogen and oxygen atoms in total. The molecule has 17 heavy (non-hydrogen) atoms. The molecule has 1 unspecified atom stereocenters. The van der Waals surface area contributed by atoms with Crippen LogP contribution < -0.4 is 0 Å². The van der Waals surface area contributed by atoms with E-state index in [1.165, 1.54) is 0 Å². The molecule has 0 spiro atoms. The first-order chi connectivity index (χ1) is 7.81. The molecule has 0 aromatic carbocycles. The quantitative estimate of drug-likeness (QED) is 0.545. The lowest BCUT2D eigenvalue weighted by molar-refractivity contribution is -0.149. The SMILES string of the molecule is CCOC(=O)C(CC)(C(CC)CC)P(=O)(O)O. The largest absolute Gasteiger partial charge is 0.465 e. The first kappa shape index (κ1) is 16.6. The van der Waals surface area contributed by atoms with Gasteiger partial charge in [-0.3, -0.25) is 9.36 Å². The summed E-state index contributed by atoms with van der Waals surface area (Å²) in [5.41, 5.74) is 0. The minimum Gasteiger partial charge on any atom is -0.465 e. The summed E-state index contributed by atoms with van der Waals surface area (Å²) in [7, 11) is -4.56. The maximum absolute atomic E-state index is 12.0. The van der Waals surface area contributed by atoms with Gasteiger partial charge in [-0.05, 0) is 19.3 Å². The van der Waals surface area contributed by atoms with Crippen LogP contribution in [-0.4, -0.2) is 27.5 Å². The molecule has 102 valence electrons. The van der Waals surface area contributed by atoms with E-state index in [0.717, 1.165) is 0 Å². The number of rotatable bonds is 7. The maximum atomic E-state index is 12.0. The van der Waals surface area contributed by atoms with Crippen molar-refractivity contribution in [2.45, 2.75) is 52.1 Å². The third-order valence-electron chi connectivity index (χ3n) is 3.35. The van der Waals surface area contributed by atoms with Crippen molar-refractivity contribution in [2.24, 2.45) is 5.92 Å². The molecule has 0 heterocycles. The summed E-state index contributed by atoms with van der Waals surface area (Å²) in [6, 6.07) is 0. The third kappa shape index (κ3) is 3.09. The fourth-order valence-electron chi connectivity index (χ4n) is 2.38. The minimum atomic E-state index is -4.56. The predicted octanol–water partition coefficient (Wildman–Crippen LogP) is 2.31. The Hall–Kier alpha value is -0.380. The lowest BCUT2D eigenvalue weighted by Crippen LogP contribution is -2.46. The Morgan fingerprint density at radius 2 is 1.71 bits per heavy atom. The molecule has 0 aliphatic carbocycles. The molecule has 0 aromatic rings. The van der Waals surface area contributed by atoms with E-state index in [1.54, 1.807) is 13.8 Å². The van der Waals surface area contributed by atoms with Gasteiger partial charge in [-0.2, -0.15) is 0 Å². The Labute approximate surface area is 103 Å². The van der Waals surface area contributed by atoms with E-state index >= 15 is 0 Å². The van der Waals surface area contributed by atoms with E-state index in [9.17, 15) is 19.1 Å². The lowest BCUT2D eigenvalue weighted by atomic mass is 9.85. The first-order valence-corrected chi connectivity index (χ1v) is 7.65. The summed E-state index contributed by atoms with van der Waals surface area (Å²) in [4.78, 5) is 31.1. The first-order valence-electron chi connectivity index (χ1n) is 6.04. The van der Waals surface area contributed by atoms with Gasteiger partial charge in [0.15, 0.2) is 5.16 Å². The molecule has 0 aliphatic rings. The van der Waals surface area contributed by atoms with E-state index in [-0.39, 0.29) is 18.9 Å². The Balaban J connectivity index is 5.61. The molecule has 0 aliphatic heterocycles. The monoisotopic (exact) mass is 266 g/mol. The molecule has 0 radical (unpaired) electrons. The number of hydrogen-bond donors (Lipinski definition) is 2. The summed E-state index contributed by atoms with van der Waals surface area (Å²) < 4.78 is 16.6. The van der Waals surface area contributed by atoms with Crippen LogP contribution in [0.4, 0.5) is 0 Å². The molecule has 0 bridgehead atoms. The van der Waals surface area contributed by atoms with Crippen LogP contribution >= 0.6 is 7.60 Å². The highest BCUT2D eigenvalue weighted by Gasteiger charge is 2.57. The normalized spacial score (nSPS) is 15.7. The lowest BCUT2D eigenvalue weighted by Gasteiger charge is -2.37. The smallest absolute Gasteiger partial charge is 0.343 e. The summed E-state index contributed by atoms with van der Waals surface area (Å²) in [6.45, 7) is 7.03. The van der Waals surface area contributed by atoms with Gasteiger partial charge in [0.25, 0.3) is 0 Å². The van der Waals surface area contributed by atoms with Crippen molar-refractivity contribution >= 4 is 13.6 Å². The Bertz CT molecular complexity index is 294. The van der Waals surface area contributed by atoms with Crippen LogP contribution in [0.3, 0.4) is 0 Å². The minimum absolute atomic E-state index is 0.0858. The second-order valence-corrected chi connectivity index (χ2v) is 5.94. The van der Waals surface area contributed by atoms with Gasteiger partial charge in [0, 0.05) is 0 Å². The van der Waals surface area contributed by atoms with E-state index in [2.05, 4.69) is 0 Å². The van der Waals surface area contributed by atoms with Gasteiger partial charge < -0.3 is 14.5 Å². The fourth-order valence-corrected chi connectivity index (χ4v) is 3.94. The highest BCUT2D eigenvalue weighted by Crippen LogP contribution is 2.58. The van der Waals surface area contributed by atoms with Crippen LogP contribution in [0.25, 0.3) is 0 Å². The molecule has 0 aromatic heterocycles. The number of esters is 1. The van der Waals surface area contributed by atoms with Gasteiger partial charge in [-0.25, -0.2) is 0 Å². The average molecular weight is 266 g/mol. The van der Waals surface area contributed by atoms with Crippen LogP contribution in [0.2, 0.25) is 0 Å². The van der Waals surface area contributed by atoms with Crippen molar-refractivity contribution in [3.05, 3.63) is 0 Å². The summed E-state index contributed by atoms with van der Waals surface area (Å²) in [5, 5.41) is -1.69. The molecule has 0 rings (SSSR count). The molecular formula is C11H23O5P. The van der Waals surface area contributed by atoms with Gasteiger partial charge in [0.1, 0.15) is 0 Å². The van der Waals surface area contributed by atoms with Crippen molar-refractivity contribution in [3.8, 4) is 0 Å². The van der Waals surface area contributed by atoms with Gasteiger partial charge >= 0.3 is 13.6 Å². The Kier molecular flexibility index (Phi) is 6.38. The van der Waals surface area contributed by atoms with Crippen molar-refractivity contribution in [1.82, 2.24) is 0 Å². The van der Waals surface area contributed by atoms with E-state index in [4.69, 9.17) is 4.74 Å². The molecule has 0 amide bonds. The number of hydrogen-bond acceptors (Lipinski definition) is 3. The zero-order valence-corrected chi connectivity index (χ0v) is 11.9. The highest BCUT2D eigenvalue weighted by molar-refractivity contribution is 7.54. The number of carbonyl (C=O) groups excluding carboxylic acids is 1. The van der Waals surface area contributed by atoms with Crippen molar-refractivity contribution < 1.29 is 23.9 Å². The number of ether oxygens (including phenoxy) is 1. The maximum Gasteiger partial charge on any atom is 0.343 e. The highest BCUT2D eigenvalue weighted by atomic mass is 31.2. The van der Waals surface area contributed by atoms with E-state index in [1.807, 2.05) is 13.8 Å². The van der Waals surface area contributed by atoms with Crippen molar-refractivity contribution in [2.75, 3.05) is 6.61 Å². The summed E-state index contributed by atoms with van der Waals surface area (Å²) in [5.74, 6) is -1.14. The second kappa shape index (κ2) is 6.53. The van der Waals surface area contributed by atoms with Crippen molar-refractivity contribution in [1.29, 1.82) is 0 Å². The zero-order valence-electron chi connectivity index (χ0n) is 11.0. The number of carbonyl (C=O) groups is 1. The Morgan fingerprint density at radius 3 is 1.94 bits per heavy atom. The van der Waals surface area contributed by atoms with Crippen LogP contribution in [-0.2, 0) is 14.1 Å². The molecule has 2 N–H and O–H groups in total. The molecule has 0 saturated carbocycles. The topological polar surface area (TPSA) is 83.8 Å². The van der Waals surface area contributed by atoms with Gasteiger partial charge in [-0.1, -0.05) is 33.6 Å². The molecule has 6 heteroatoms. The fraction of sp³-hybridized carbons (Fsp3) is 0.909. The van der Waals surface area contributed by atoms with Crippen LogP contribution in [0, 0.1) is 5.92 Å². The van der Waals surface area contributed by atoms with E-state index in [0.29, 0.717) is 12.8 Å². The van der Waals surface area contributed by atoms with Crippen LogP contribution in [0.1, 0.15) is 47.0 Å². The van der Waals surface area contributed by atoms with Gasteiger partial charge in [-0.15, -0.1) is 0 Å². The average Bonchev–Trinajstić information content (AvgIpc) is 2.24. The standard InChI is InChI=1S/C11H23O5P/c1-5-9(6-2)11(7-3,17(13,14)15)10(12)16-8-4/h9H,5-8H2,1-4H3,(H2,13,14,15). The zero-order chi connectivity index (χ0) is 13.7. The molecule has 0 fully saturated rings. The van der Waals surface area contributed by atoms with E-state index < -0.39 is 18.7 Å². The summed E-state index contributed by atoms with van der Waals surface area (Å²) in [6.07, 6.45) is 1.16. The summed E-state index contributed by atoms with van der Waals surface area (Å²) >= 11 is 0. The Morgan fingerprint density at radius 1 is 1.24 bits per heavy atom. The molecule has 0 saturated heterocycles. The second-order valence-electron chi connectivity index (χ2n) is 4.06. The van der Waals surface area contributed by atoms with Crippen LogP contribution in [0.15, 0.2) is 0 Å². The van der Waals surface area contributed by atoms with Gasteiger partial charge in [0.05, 0.1) is 6.61 Å². The van der Waals surface area contributed by atoms with Gasteiger partial charge in [0.2, 0.25) is 0 Å². The van der Waals surface area contributed by atoms with Crippen LogP contribution in [0.5, 0.6) is 0 Å². The molecular weight excluding hydrogens is 243 g/mol.